The van der Waals surface area contributed by atoms with Crippen LogP contribution in [0, 0.1) is 15.5 Å². The predicted molar refractivity (Wildman–Crippen MR) is 75.5 cm³/mol. The van der Waals surface area contributed by atoms with Gasteiger partial charge in [0.15, 0.2) is 0 Å². The molecule has 0 aliphatic heterocycles. The Bertz CT molecular complexity index is 527. The molecule has 1 aromatic carbocycles. The number of carbonyl (C=O) groups excluding carboxylic acids is 1. The third-order valence-corrected chi connectivity index (χ3v) is 2.50. The molecule has 0 bridgehead atoms. The number of nitro benzene ring substituents is 1. The number of nitrogens with zero attached hydrogens (tertiary/aromatic N) is 2. The van der Waals surface area contributed by atoms with Crippen LogP contribution in [-0.4, -0.2) is 16.6 Å². The number of hydrogen-bond acceptors (Lipinski definition) is 5. The van der Waals surface area contributed by atoms with Crippen molar-refractivity contribution in [3.8, 4) is 0 Å². The average molecular weight is 278 g/mol. The lowest BCUT2D eigenvalue weighted by atomic mass is 9.98. The van der Waals surface area contributed by atoms with E-state index in [1.807, 2.05) is 0 Å². The van der Waals surface area contributed by atoms with Gasteiger partial charge < -0.3 is 4.84 Å². The summed E-state index contributed by atoms with van der Waals surface area (Å²) in [5.74, 6) is -0.402. The van der Waals surface area contributed by atoms with Crippen LogP contribution in [0.15, 0.2) is 29.4 Å². The predicted octanol–water partition coefficient (Wildman–Crippen LogP) is 3.10. The zero-order valence-electron chi connectivity index (χ0n) is 12.0. The van der Waals surface area contributed by atoms with Crippen LogP contribution in [0.2, 0.25) is 0 Å². The molecule has 0 aliphatic rings. The van der Waals surface area contributed by atoms with Gasteiger partial charge in [-0.05, 0) is 33.3 Å². The molecule has 6 heteroatoms. The summed E-state index contributed by atoms with van der Waals surface area (Å²) >= 11 is 0. The molecular formula is C14H18N2O4. The number of rotatable bonds is 4. The first-order chi connectivity index (χ1) is 9.20. The maximum absolute atomic E-state index is 11.5. The summed E-state index contributed by atoms with van der Waals surface area (Å²) in [7, 11) is 0. The van der Waals surface area contributed by atoms with Crippen molar-refractivity contribution in [2.24, 2.45) is 10.6 Å². The fourth-order valence-corrected chi connectivity index (χ4v) is 1.32. The van der Waals surface area contributed by atoms with E-state index >= 15 is 0 Å². The second kappa shape index (κ2) is 6.27. The van der Waals surface area contributed by atoms with Gasteiger partial charge in [0.05, 0.1) is 16.0 Å². The van der Waals surface area contributed by atoms with Gasteiger partial charge in [-0.3, -0.25) is 10.1 Å². The molecule has 1 rings (SSSR count). The van der Waals surface area contributed by atoms with Crippen LogP contribution in [0.4, 0.5) is 5.69 Å². The van der Waals surface area contributed by atoms with Crippen molar-refractivity contribution in [1.29, 1.82) is 0 Å². The molecule has 0 radical (unpaired) electrons. The molecule has 1 aromatic rings. The molecule has 0 saturated carbocycles. The highest BCUT2D eigenvalue weighted by molar-refractivity contribution is 5.85. The lowest BCUT2D eigenvalue weighted by molar-refractivity contribution is -0.384. The summed E-state index contributed by atoms with van der Waals surface area (Å²) in [6.45, 7) is 6.97. The minimum absolute atomic E-state index is 0.0440. The van der Waals surface area contributed by atoms with Gasteiger partial charge >= 0.3 is 5.97 Å². The average Bonchev–Trinajstić information content (AvgIpc) is 2.35. The van der Waals surface area contributed by atoms with E-state index < -0.39 is 16.3 Å². The zero-order valence-corrected chi connectivity index (χ0v) is 12.0. The van der Waals surface area contributed by atoms with Crippen LogP contribution in [0.1, 0.15) is 33.3 Å². The summed E-state index contributed by atoms with van der Waals surface area (Å²) in [6.07, 6.45) is 0.468. The van der Waals surface area contributed by atoms with E-state index in [-0.39, 0.29) is 5.69 Å². The number of non-ortho nitro benzene ring substituents is 1. The zero-order chi connectivity index (χ0) is 15.3. The molecule has 0 amide bonds. The topological polar surface area (TPSA) is 81.8 Å². The highest BCUT2D eigenvalue weighted by Gasteiger charge is 2.23. The molecule has 0 fully saturated rings. The quantitative estimate of drug-likeness (QED) is 0.367. The van der Waals surface area contributed by atoms with Crippen LogP contribution < -0.4 is 0 Å². The first kappa shape index (κ1) is 15.8. The Kier molecular flexibility index (Phi) is 4.96. The third-order valence-electron chi connectivity index (χ3n) is 2.50. The van der Waals surface area contributed by atoms with Crippen molar-refractivity contribution in [2.75, 3.05) is 0 Å². The number of carbonyl (C=O) groups is 1. The molecule has 0 aromatic heterocycles. The third kappa shape index (κ3) is 4.79. The number of hydrogen-bond donors (Lipinski definition) is 0. The number of nitro groups is 1. The van der Waals surface area contributed by atoms with Gasteiger partial charge in [0.2, 0.25) is 0 Å². The van der Waals surface area contributed by atoms with E-state index in [0.29, 0.717) is 12.1 Å². The molecule has 0 atom stereocenters. The Labute approximate surface area is 117 Å². The van der Waals surface area contributed by atoms with Gasteiger partial charge in [0, 0.05) is 18.6 Å². The maximum atomic E-state index is 11.5. The molecule has 0 unspecified atom stereocenters. The monoisotopic (exact) mass is 278 g/mol. The molecule has 0 saturated heterocycles. The lowest BCUT2D eigenvalue weighted by Crippen LogP contribution is -2.21. The van der Waals surface area contributed by atoms with Crippen LogP contribution in [0.3, 0.4) is 0 Å². The number of benzene rings is 1. The summed E-state index contributed by atoms with van der Waals surface area (Å²) in [5.41, 5.74) is 0.930. The standard InChI is InChI=1S/C14H18N2O4/c1-10(15-20-13(17)14(2,3)4)9-11-5-7-12(8-6-11)16(18)19/h5-8H,9H2,1-4H3/b15-10+. The molecule has 0 spiro atoms. The second-order valence-corrected chi connectivity index (χ2v) is 5.56. The molecule has 0 heterocycles. The van der Waals surface area contributed by atoms with Gasteiger partial charge in [0.1, 0.15) is 0 Å². The Morgan fingerprint density at radius 2 is 1.85 bits per heavy atom. The Morgan fingerprint density at radius 3 is 2.30 bits per heavy atom. The summed E-state index contributed by atoms with van der Waals surface area (Å²) in [4.78, 5) is 26.5. The van der Waals surface area contributed by atoms with Crippen LogP contribution in [-0.2, 0) is 16.1 Å². The van der Waals surface area contributed by atoms with E-state index in [9.17, 15) is 14.9 Å². The first-order valence-electron chi connectivity index (χ1n) is 6.18. The van der Waals surface area contributed by atoms with Crippen molar-refractivity contribution in [1.82, 2.24) is 0 Å². The fraction of sp³-hybridized carbons (Fsp3) is 0.429. The van der Waals surface area contributed by atoms with Crippen LogP contribution in [0.25, 0.3) is 0 Å². The highest BCUT2D eigenvalue weighted by Crippen LogP contribution is 2.16. The molecule has 6 nitrogen and oxygen atoms in total. The molecular weight excluding hydrogens is 260 g/mol. The molecule has 0 N–H and O–H groups in total. The Hall–Kier alpha value is -2.24. The minimum Gasteiger partial charge on any atom is -0.318 e. The van der Waals surface area contributed by atoms with Crippen molar-refractivity contribution in [3.05, 3.63) is 39.9 Å². The van der Waals surface area contributed by atoms with Crippen molar-refractivity contribution in [3.63, 3.8) is 0 Å². The van der Waals surface area contributed by atoms with Crippen LogP contribution in [0.5, 0.6) is 0 Å². The smallest absolute Gasteiger partial charge is 0.318 e. The van der Waals surface area contributed by atoms with E-state index in [0.717, 1.165) is 5.56 Å². The van der Waals surface area contributed by atoms with Gasteiger partial charge in [-0.25, -0.2) is 4.79 Å². The molecule has 20 heavy (non-hydrogen) atoms. The van der Waals surface area contributed by atoms with Crippen LogP contribution >= 0.6 is 0 Å². The van der Waals surface area contributed by atoms with Crippen molar-refractivity contribution >= 4 is 17.4 Å². The number of oxime groups is 1. The Morgan fingerprint density at radius 1 is 1.30 bits per heavy atom. The maximum Gasteiger partial charge on any atom is 0.340 e. The van der Waals surface area contributed by atoms with Gasteiger partial charge in [0.25, 0.3) is 5.69 Å². The van der Waals surface area contributed by atoms with E-state index in [4.69, 9.17) is 4.84 Å². The fourth-order valence-electron chi connectivity index (χ4n) is 1.32. The van der Waals surface area contributed by atoms with Gasteiger partial charge in [-0.2, -0.15) is 0 Å². The normalized spacial score (nSPS) is 12.1. The molecule has 0 aliphatic carbocycles. The Balaban J connectivity index is 2.64. The van der Waals surface area contributed by atoms with Gasteiger partial charge in [-0.1, -0.05) is 17.3 Å². The summed E-state index contributed by atoms with van der Waals surface area (Å²) in [6, 6.07) is 6.18. The van der Waals surface area contributed by atoms with Gasteiger partial charge in [-0.15, -0.1) is 0 Å². The molecule has 108 valence electrons. The van der Waals surface area contributed by atoms with Crippen molar-refractivity contribution in [2.45, 2.75) is 34.1 Å². The highest BCUT2D eigenvalue weighted by atomic mass is 16.7. The summed E-state index contributed by atoms with van der Waals surface area (Å²) in [5, 5.41) is 14.3. The van der Waals surface area contributed by atoms with Crippen molar-refractivity contribution < 1.29 is 14.6 Å². The van der Waals surface area contributed by atoms with E-state index in [1.165, 1.54) is 12.1 Å². The minimum atomic E-state index is -0.600. The summed E-state index contributed by atoms with van der Waals surface area (Å²) < 4.78 is 0. The largest absolute Gasteiger partial charge is 0.340 e. The lowest BCUT2D eigenvalue weighted by Gasteiger charge is -2.13. The van der Waals surface area contributed by atoms with E-state index in [2.05, 4.69) is 5.16 Å². The SMILES string of the molecule is C/C(Cc1ccc([N+](=O)[O-])cc1)=N\OC(=O)C(C)(C)C. The second-order valence-electron chi connectivity index (χ2n) is 5.56. The van der Waals surface area contributed by atoms with E-state index in [1.54, 1.807) is 39.8 Å². The first-order valence-corrected chi connectivity index (χ1v) is 6.18.